The molecule has 1 aromatic heterocycles. The lowest BCUT2D eigenvalue weighted by atomic mass is 10.1. The van der Waals surface area contributed by atoms with Gasteiger partial charge in [0.2, 0.25) is 5.89 Å². The number of carbonyl (C=O) groups excluding carboxylic acids is 1. The molecule has 1 unspecified atom stereocenters. The number of nitrogens with one attached hydrogen (secondary N) is 1. The first-order valence-electron chi connectivity index (χ1n) is 6.74. The molecule has 1 atom stereocenters. The lowest BCUT2D eigenvalue weighted by Gasteiger charge is -2.14. The normalized spacial score (nSPS) is 15.6. The molecular weight excluding hydrogens is 332 g/mol. The molecule has 0 saturated heterocycles. The van der Waals surface area contributed by atoms with Gasteiger partial charge in [-0.1, -0.05) is 23.2 Å². The summed E-state index contributed by atoms with van der Waals surface area (Å²) >= 11 is 11.6. The third kappa shape index (κ3) is 3.08. The molecule has 0 bridgehead atoms. The van der Waals surface area contributed by atoms with Crippen LogP contribution in [0.5, 0.6) is 0 Å². The number of carbonyl (C=O) groups is 1. The number of rotatable bonds is 4. The highest BCUT2D eigenvalue weighted by Crippen LogP contribution is 2.39. The second kappa shape index (κ2) is 5.85. The Morgan fingerprint density at radius 2 is 2.14 bits per heavy atom. The van der Waals surface area contributed by atoms with E-state index in [1.165, 1.54) is 12.1 Å². The Labute approximate surface area is 135 Å². The van der Waals surface area contributed by atoms with Gasteiger partial charge in [-0.25, -0.2) is 4.39 Å². The second-order valence-corrected chi connectivity index (χ2v) is 6.05. The monoisotopic (exact) mass is 343 g/mol. The number of benzene rings is 1. The molecule has 1 N–H and O–H groups in total. The maximum atomic E-state index is 14.0. The number of halogens is 3. The van der Waals surface area contributed by atoms with Gasteiger partial charge >= 0.3 is 11.8 Å². The van der Waals surface area contributed by atoms with Crippen LogP contribution in [0.25, 0.3) is 0 Å². The Balaban J connectivity index is 1.75. The van der Waals surface area contributed by atoms with Crippen LogP contribution in [0.2, 0.25) is 10.0 Å². The van der Waals surface area contributed by atoms with Crippen molar-refractivity contribution in [1.29, 1.82) is 0 Å². The van der Waals surface area contributed by atoms with Crippen LogP contribution in [0.15, 0.2) is 16.5 Å². The first kappa shape index (κ1) is 15.2. The predicted molar refractivity (Wildman–Crippen MR) is 78.6 cm³/mol. The average molecular weight is 344 g/mol. The molecule has 1 aromatic carbocycles. The van der Waals surface area contributed by atoms with Crippen LogP contribution in [0.4, 0.5) is 4.39 Å². The minimum Gasteiger partial charge on any atom is -0.417 e. The van der Waals surface area contributed by atoms with Gasteiger partial charge in [0, 0.05) is 16.5 Å². The standard InChI is InChI=1S/C14H12Cl2FN3O2/c1-6(9-4-8(15)5-10(16)11(9)17)18-12(21)14-20-19-13(22-14)7-2-3-7/h4-7H,2-3H2,1H3,(H,18,21). The minimum absolute atomic E-state index is 0.0996. The first-order chi connectivity index (χ1) is 10.5. The van der Waals surface area contributed by atoms with E-state index >= 15 is 0 Å². The van der Waals surface area contributed by atoms with Crippen molar-refractivity contribution >= 4 is 29.1 Å². The summed E-state index contributed by atoms with van der Waals surface area (Å²) in [5.41, 5.74) is 0.188. The van der Waals surface area contributed by atoms with E-state index in [2.05, 4.69) is 15.5 Å². The van der Waals surface area contributed by atoms with Crippen LogP contribution in [-0.4, -0.2) is 16.1 Å². The SMILES string of the molecule is CC(NC(=O)c1nnc(C2CC2)o1)c1cc(Cl)cc(Cl)c1F. The maximum absolute atomic E-state index is 14.0. The fraction of sp³-hybridized carbons (Fsp3) is 0.357. The third-order valence-electron chi connectivity index (χ3n) is 3.40. The van der Waals surface area contributed by atoms with Crippen LogP contribution in [0.1, 0.15) is 53.9 Å². The summed E-state index contributed by atoms with van der Waals surface area (Å²) in [7, 11) is 0. The zero-order valence-electron chi connectivity index (χ0n) is 11.6. The van der Waals surface area contributed by atoms with Gasteiger partial charge in [-0.05, 0) is 31.9 Å². The summed E-state index contributed by atoms with van der Waals surface area (Å²) in [5.74, 6) is -0.599. The topological polar surface area (TPSA) is 68.0 Å². The lowest BCUT2D eigenvalue weighted by Crippen LogP contribution is -2.27. The van der Waals surface area contributed by atoms with Gasteiger partial charge < -0.3 is 9.73 Å². The number of hydrogen-bond donors (Lipinski definition) is 1. The smallest absolute Gasteiger partial charge is 0.309 e. The molecule has 116 valence electrons. The molecule has 8 heteroatoms. The Bertz CT molecular complexity index is 731. The molecule has 0 aliphatic heterocycles. The van der Waals surface area contributed by atoms with Gasteiger partial charge in [0.1, 0.15) is 5.82 Å². The highest BCUT2D eigenvalue weighted by molar-refractivity contribution is 6.34. The summed E-state index contributed by atoms with van der Waals surface area (Å²) in [6, 6.07) is 2.06. The van der Waals surface area contributed by atoms with Gasteiger partial charge in [-0.2, -0.15) is 0 Å². The third-order valence-corrected chi connectivity index (χ3v) is 3.89. The van der Waals surface area contributed by atoms with Crippen LogP contribution in [-0.2, 0) is 0 Å². The Morgan fingerprint density at radius 1 is 1.41 bits per heavy atom. The molecule has 1 fully saturated rings. The second-order valence-electron chi connectivity index (χ2n) is 5.21. The van der Waals surface area contributed by atoms with E-state index in [-0.39, 0.29) is 27.4 Å². The Hall–Kier alpha value is -1.66. The molecule has 3 rings (SSSR count). The zero-order valence-corrected chi connectivity index (χ0v) is 13.1. The molecule has 1 heterocycles. The number of amides is 1. The molecular formula is C14H12Cl2FN3O2. The van der Waals surface area contributed by atoms with Crippen molar-refractivity contribution in [3.8, 4) is 0 Å². The molecule has 1 aliphatic rings. The number of hydrogen-bond acceptors (Lipinski definition) is 4. The molecule has 1 amide bonds. The quantitative estimate of drug-likeness (QED) is 0.855. The van der Waals surface area contributed by atoms with Gasteiger partial charge in [0.15, 0.2) is 0 Å². The van der Waals surface area contributed by atoms with E-state index in [0.717, 1.165) is 12.8 Å². The van der Waals surface area contributed by atoms with Gasteiger partial charge in [0.25, 0.3) is 0 Å². The molecule has 0 spiro atoms. The lowest BCUT2D eigenvalue weighted by molar-refractivity contribution is 0.0902. The summed E-state index contributed by atoms with van der Waals surface area (Å²) in [6.45, 7) is 1.61. The van der Waals surface area contributed by atoms with Crippen molar-refractivity contribution in [2.45, 2.75) is 31.7 Å². The van der Waals surface area contributed by atoms with Crippen molar-refractivity contribution in [1.82, 2.24) is 15.5 Å². The highest BCUT2D eigenvalue weighted by atomic mass is 35.5. The van der Waals surface area contributed by atoms with Gasteiger partial charge in [-0.3, -0.25) is 4.79 Å². The van der Waals surface area contributed by atoms with Crippen molar-refractivity contribution in [3.05, 3.63) is 45.3 Å². The van der Waals surface area contributed by atoms with E-state index < -0.39 is 17.8 Å². The minimum atomic E-state index is -0.653. The predicted octanol–water partition coefficient (Wildman–Crippen LogP) is 3.88. The van der Waals surface area contributed by atoms with E-state index in [4.69, 9.17) is 27.6 Å². The van der Waals surface area contributed by atoms with E-state index in [1.54, 1.807) is 6.92 Å². The van der Waals surface area contributed by atoms with Crippen LogP contribution < -0.4 is 5.32 Å². The fourth-order valence-electron chi connectivity index (χ4n) is 2.05. The van der Waals surface area contributed by atoms with Gasteiger partial charge in [0.05, 0.1) is 11.1 Å². The highest BCUT2D eigenvalue weighted by Gasteiger charge is 2.30. The molecule has 22 heavy (non-hydrogen) atoms. The summed E-state index contributed by atoms with van der Waals surface area (Å²) in [6.07, 6.45) is 1.98. The van der Waals surface area contributed by atoms with E-state index in [1.807, 2.05) is 0 Å². The van der Waals surface area contributed by atoms with Gasteiger partial charge in [-0.15, -0.1) is 10.2 Å². The Kier molecular flexibility index (Phi) is 4.06. The zero-order chi connectivity index (χ0) is 15.9. The molecule has 5 nitrogen and oxygen atoms in total. The summed E-state index contributed by atoms with van der Waals surface area (Å²) in [5, 5.41) is 10.3. The van der Waals surface area contributed by atoms with Crippen molar-refractivity contribution < 1.29 is 13.6 Å². The van der Waals surface area contributed by atoms with Crippen molar-refractivity contribution in [3.63, 3.8) is 0 Å². The summed E-state index contributed by atoms with van der Waals surface area (Å²) in [4.78, 5) is 12.1. The number of nitrogens with zero attached hydrogens (tertiary/aromatic N) is 2. The van der Waals surface area contributed by atoms with E-state index in [9.17, 15) is 9.18 Å². The molecule has 2 aromatic rings. The number of aromatic nitrogens is 2. The van der Waals surface area contributed by atoms with Crippen LogP contribution >= 0.6 is 23.2 Å². The maximum Gasteiger partial charge on any atom is 0.309 e. The molecule has 1 saturated carbocycles. The first-order valence-corrected chi connectivity index (χ1v) is 7.50. The molecule has 0 radical (unpaired) electrons. The average Bonchev–Trinajstić information content (AvgIpc) is 3.20. The summed E-state index contributed by atoms with van der Waals surface area (Å²) < 4.78 is 19.3. The van der Waals surface area contributed by atoms with Crippen LogP contribution in [0, 0.1) is 5.82 Å². The van der Waals surface area contributed by atoms with Crippen molar-refractivity contribution in [2.75, 3.05) is 0 Å². The van der Waals surface area contributed by atoms with Crippen LogP contribution in [0.3, 0.4) is 0 Å². The van der Waals surface area contributed by atoms with E-state index in [0.29, 0.717) is 5.89 Å². The molecule has 1 aliphatic carbocycles. The largest absolute Gasteiger partial charge is 0.417 e. The fourth-order valence-corrected chi connectivity index (χ4v) is 2.56. The Morgan fingerprint density at radius 3 is 2.82 bits per heavy atom. The van der Waals surface area contributed by atoms with Crippen molar-refractivity contribution in [2.24, 2.45) is 0 Å².